The Balaban J connectivity index is 1.52. The smallest absolute Gasteiger partial charge is 0.227 e. The molecule has 3 rings (SSSR count). The Hall–Kier alpha value is -2.57. The molecule has 0 bridgehead atoms. The quantitative estimate of drug-likeness (QED) is 0.566. The number of carbonyl (C=O) groups is 1. The second kappa shape index (κ2) is 8.21. The summed E-state index contributed by atoms with van der Waals surface area (Å²) in [5, 5.41) is 4.03. The number of amides is 1. The van der Waals surface area contributed by atoms with Gasteiger partial charge in [-0.2, -0.15) is 0 Å². The number of anilines is 1. The van der Waals surface area contributed by atoms with Crippen LogP contribution in [0.5, 0.6) is 0 Å². The van der Waals surface area contributed by atoms with E-state index in [0.717, 1.165) is 48.9 Å². The third kappa shape index (κ3) is 4.15. The number of nitrogens with two attached hydrogens (primary N) is 1. The maximum atomic E-state index is 12.7. The van der Waals surface area contributed by atoms with Crippen LogP contribution in [0.15, 0.2) is 29.5 Å². The zero-order valence-corrected chi connectivity index (χ0v) is 15.5. The van der Waals surface area contributed by atoms with Gasteiger partial charge in [0.05, 0.1) is 5.69 Å². The molecule has 0 atom stereocenters. The molecule has 1 aliphatic carbocycles. The van der Waals surface area contributed by atoms with Crippen LogP contribution >= 0.6 is 0 Å². The Kier molecular flexibility index (Phi) is 5.75. The van der Waals surface area contributed by atoms with Crippen molar-refractivity contribution in [1.29, 1.82) is 0 Å². The fourth-order valence-electron chi connectivity index (χ4n) is 3.68. The molecule has 2 aromatic heterocycles. The zero-order valence-electron chi connectivity index (χ0n) is 15.5. The van der Waals surface area contributed by atoms with Crippen molar-refractivity contribution in [3.63, 3.8) is 0 Å². The maximum Gasteiger partial charge on any atom is 0.227 e. The molecule has 0 saturated heterocycles. The van der Waals surface area contributed by atoms with Crippen molar-refractivity contribution in [2.75, 3.05) is 25.5 Å². The highest BCUT2D eigenvalue weighted by atomic mass is 16.1. The number of hydrogen-bond donors (Lipinski definition) is 3. The van der Waals surface area contributed by atoms with E-state index in [1.54, 1.807) is 6.20 Å². The zero-order chi connectivity index (χ0) is 18.5. The first kappa shape index (κ1) is 18.2. The third-order valence-corrected chi connectivity index (χ3v) is 5.18. The van der Waals surface area contributed by atoms with Crippen molar-refractivity contribution in [3.05, 3.63) is 24.5 Å². The number of aromatic amines is 1. The van der Waals surface area contributed by atoms with E-state index in [0.29, 0.717) is 18.4 Å². The van der Waals surface area contributed by atoms with Gasteiger partial charge in [-0.3, -0.25) is 9.79 Å². The molecule has 1 saturated carbocycles. The van der Waals surface area contributed by atoms with Crippen molar-refractivity contribution in [3.8, 4) is 0 Å². The highest BCUT2D eigenvalue weighted by Gasteiger charge is 2.27. The number of nitrogens with one attached hydrogen (secondary N) is 2. The molecule has 26 heavy (non-hydrogen) atoms. The summed E-state index contributed by atoms with van der Waals surface area (Å²) in [5.74, 6) is 1.34. The summed E-state index contributed by atoms with van der Waals surface area (Å²) >= 11 is 0. The SMILES string of the molecule is CCN=C(N)N(C)CC1CCC(C(=O)Nc2ccnc3[nH]ccc23)CC1. The van der Waals surface area contributed by atoms with Gasteiger partial charge in [-0.15, -0.1) is 0 Å². The topological polar surface area (TPSA) is 99.4 Å². The minimum atomic E-state index is 0.0698. The Morgan fingerprint density at radius 3 is 2.88 bits per heavy atom. The van der Waals surface area contributed by atoms with Crippen LogP contribution in [0.2, 0.25) is 0 Å². The lowest BCUT2D eigenvalue weighted by atomic mass is 9.81. The minimum absolute atomic E-state index is 0.0698. The van der Waals surface area contributed by atoms with E-state index in [9.17, 15) is 4.79 Å². The van der Waals surface area contributed by atoms with E-state index in [-0.39, 0.29) is 11.8 Å². The van der Waals surface area contributed by atoms with Crippen molar-refractivity contribution < 1.29 is 4.79 Å². The lowest BCUT2D eigenvalue weighted by Crippen LogP contribution is -2.39. The van der Waals surface area contributed by atoms with E-state index in [1.807, 2.05) is 37.2 Å². The van der Waals surface area contributed by atoms with Gasteiger partial charge in [0.1, 0.15) is 5.65 Å². The maximum absolute atomic E-state index is 12.7. The number of guanidine groups is 1. The Morgan fingerprint density at radius 1 is 1.38 bits per heavy atom. The Labute approximate surface area is 154 Å². The van der Waals surface area contributed by atoms with E-state index >= 15 is 0 Å². The molecule has 7 nitrogen and oxygen atoms in total. The summed E-state index contributed by atoms with van der Waals surface area (Å²) < 4.78 is 0. The molecular weight excluding hydrogens is 328 g/mol. The van der Waals surface area contributed by atoms with Gasteiger partial charge in [0.25, 0.3) is 0 Å². The van der Waals surface area contributed by atoms with E-state index in [4.69, 9.17) is 5.73 Å². The number of nitrogens with zero attached hydrogens (tertiary/aromatic N) is 3. The van der Waals surface area contributed by atoms with Gasteiger partial charge >= 0.3 is 0 Å². The van der Waals surface area contributed by atoms with Crippen LogP contribution in [-0.4, -0.2) is 46.9 Å². The van der Waals surface area contributed by atoms with Gasteiger partial charge in [0.15, 0.2) is 5.96 Å². The van der Waals surface area contributed by atoms with Crippen molar-refractivity contribution in [2.24, 2.45) is 22.6 Å². The van der Waals surface area contributed by atoms with Gasteiger partial charge < -0.3 is 20.9 Å². The molecule has 0 radical (unpaired) electrons. The van der Waals surface area contributed by atoms with Crippen molar-refractivity contribution in [1.82, 2.24) is 14.9 Å². The first-order valence-electron chi connectivity index (χ1n) is 9.32. The Morgan fingerprint density at radius 2 is 2.15 bits per heavy atom. The highest BCUT2D eigenvalue weighted by Crippen LogP contribution is 2.31. The molecule has 4 N–H and O–H groups in total. The molecule has 0 spiro atoms. The number of H-pyrrole nitrogens is 1. The summed E-state index contributed by atoms with van der Waals surface area (Å²) in [6, 6.07) is 3.79. The summed E-state index contributed by atoms with van der Waals surface area (Å²) in [4.78, 5) is 26.3. The predicted molar refractivity (Wildman–Crippen MR) is 105 cm³/mol. The van der Waals surface area contributed by atoms with Crippen LogP contribution in [0.3, 0.4) is 0 Å². The van der Waals surface area contributed by atoms with E-state index in [2.05, 4.69) is 20.3 Å². The van der Waals surface area contributed by atoms with Crippen LogP contribution in [0.4, 0.5) is 5.69 Å². The van der Waals surface area contributed by atoms with Crippen LogP contribution in [0, 0.1) is 11.8 Å². The lowest BCUT2D eigenvalue weighted by molar-refractivity contribution is -0.121. The molecule has 0 aromatic carbocycles. The summed E-state index contributed by atoms with van der Waals surface area (Å²) in [6.07, 6.45) is 7.45. The number of aromatic nitrogens is 2. The molecule has 140 valence electrons. The monoisotopic (exact) mass is 356 g/mol. The Bertz CT molecular complexity index is 775. The lowest BCUT2D eigenvalue weighted by Gasteiger charge is -2.31. The van der Waals surface area contributed by atoms with E-state index in [1.165, 1.54) is 0 Å². The number of aliphatic imine (C=N–C) groups is 1. The van der Waals surface area contributed by atoms with Gasteiger partial charge in [-0.25, -0.2) is 4.98 Å². The second-order valence-corrected chi connectivity index (χ2v) is 7.02. The fourth-order valence-corrected chi connectivity index (χ4v) is 3.68. The number of pyridine rings is 1. The minimum Gasteiger partial charge on any atom is -0.370 e. The van der Waals surface area contributed by atoms with Gasteiger partial charge in [-0.05, 0) is 50.7 Å². The fraction of sp³-hybridized carbons (Fsp3) is 0.526. The molecule has 1 fully saturated rings. The normalized spacial score (nSPS) is 20.9. The molecule has 7 heteroatoms. The highest BCUT2D eigenvalue weighted by molar-refractivity contribution is 6.00. The standard InChI is InChI=1S/C19H28N6O/c1-3-21-19(20)25(2)12-13-4-6-14(7-5-13)18(26)24-16-9-11-23-17-15(16)8-10-22-17/h8-11,13-14H,3-7,12H2,1-2H3,(H2,20,21)(H2,22,23,24,26). The number of rotatable bonds is 5. The first-order valence-corrected chi connectivity index (χ1v) is 9.32. The van der Waals surface area contributed by atoms with Gasteiger partial charge in [-0.1, -0.05) is 0 Å². The first-order chi connectivity index (χ1) is 12.6. The average Bonchev–Trinajstić information content (AvgIpc) is 3.12. The molecule has 2 heterocycles. The van der Waals surface area contributed by atoms with Crippen LogP contribution in [0.25, 0.3) is 11.0 Å². The predicted octanol–water partition coefficient (Wildman–Crippen LogP) is 2.57. The second-order valence-electron chi connectivity index (χ2n) is 7.02. The van der Waals surface area contributed by atoms with Gasteiger partial charge in [0.2, 0.25) is 5.91 Å². The van der Waals surface area contributed by atoms with Crippen LogP contribution in [0.1, 0.15) is 32.6 Å². The number of carbonyl (C=O) groups excluding carboxylic acids is 1. The van der Waals surface area contributed by atoms with Crippen molar-refractivity contribution >= 4 is 28.6 Å². The molecule has 1 aliphatic rings. The molecule has 1 amide bonds. The summed E-state index contributed by atoms with van der Waals surface area (Å²) in [7, 11) is 1.98. The van der Waals surface area contributed by atoms with E-state index < -0.39 is 0 Å². The largest absolute Gasteiger partial charge is 0.370 e. The van der Waals surface area contributed by atoms with Crippen LogP contribution < -0.4 is 11.1 Å². The number of hydrogen-bond acceptors (Lipinski definition) is 3. The average molecular weight is 356 g/mol. The number of fused-ring (bicyclic) bond motifs is 1. The third-order valence-electron chi connectivity index (χ3n) is 5.18. The van der Waals surface area contributed by atoms with Crippen molar-refractivity contribution in [2.45, 2.75) is 32.6 Å². The molecule has 0 unspecified atom stereocenters. The summed E-state index contributed by atoms with van der Waals surface area (Å²) in [6.45, 7) is 3.58. The molecule has 2 aromatic rings. The molecule has 0 aliphatic heterocycles. The molecular formula is C19H28N6O. The summed E-state index contributed by atoms with van der Waals surface area (Å²) in [5.41, 5.74) is 7.57. The van der Waals surface area contributed by atoms with Gasteiger partial charge in [0, 0.05) is 43.8 Å². The van der Waals surface area contributed by atoms with Crippen LogP contribution in [-0.2, 0) is 4.79 Å².